The molecule has 4 aliphatic carbocycles. The van der Waals surface area contributed by atoms with E-state index in [0.29, 0.717) is 6.04 Å². The maximum Gasteiger partial charge on any atom is 0.00962 e. The minimum Gasteiger partial charge on any atom is -0.327 e. The molecule has 0 aromatic carbocycles. The molecule has 0 heterocycles. The Morgan fingerprint density at radius 1 is 1.15 bits per heavy atom. The molecule has 5 atom stereocenters. The SMILES string of the molecule is CC[C@]12CC3C[C@H](C1)C(N)[C@@H](C3)C2. The molecule has 2 unspecified atom stereocenters. The lowest BCUT2D eigenvalue weighted by Gasteiger charge is -2.59. The van der Waals surface area contributed by atoms with Gasteiger partial charge in [-0.3, -0.25) is 0 Å². The van der Waals surface area contributed by atoms with E-state index >= 15 is 0 Å². The molecule has 13 heavy (non-hydrogen) atoms. The number of hydrogen-bond donors (Lipinski definition) is 1. The highest BCUT2D eigenvalue weighted by molar-refractivity contribution is 5.05. The predicted octanol–water partition coefficient (Wildman–Crippen LogP) is 2.55. The van der Waals surface area contributed by atoms with Crippen LogP contribution in [-0.2, 0) is 0 Å². The van der Waals surface area contributed by atoms with Gasteiger partial charge < -0.3 is 5.73 Å². The number of nitrogens with two attached hydrogens (primary N) is 1. The van der Waals surface area contributed by atoms with E-state index in [0.717, 1.165) is 23.2 Å². The summed E-state index contributed by atoms with van der Waals surface area (Å²) in [4.78, 5) is 0. The Morgan fingerprint density at radius 2 is 1.77 bits per heavy atom. The standard InChI is InChI=1S/C12H21N/c1-2-12-5-8-3-9(6-12)11(13)10(4-8)7-12/h8-11H,2-7,13H2,1H3/t8?,9-,10+,11?,12+. The van der Waals surface area contributed by atoms with E-state index in [1.165, 1.54) is 38.5 Å². The van der Waals surface area contributed by atoms with Crippen LogP contribution in [0.2, 0.25) is 0 Å². The molecule has 74 valence electrons. The molecule has 0 amide bonds. The van der Waals surface area contributed by atoms with Gasteiger partial charge in [0.25, 0.3) is 0 Å². The molecule has 4 aliphatic rings. The zero-order valence-corrected chi connectivity index (χ0v) is 8.63. The van der Waals surface area contributed by atoms with Crippen LogP contribution in [0.15, 0.2) is 0 Å². The minimum absolute atomic E-state index is 0.566. The molecule has 0 aromatic rings. The van der Waals surface area contributed by atoms with Crippen molar-refractivity contribution in [3.8, 4) is 0 Å². The van der Waals surface area contributed by atoms with Crippen molar-refractivity contribution in [3.05, 3.63) is 0 Å². The largest absolute Gasteiger partial charge is 0.327 e. The van der Waals surface area contributed by atoms with E-state index in [9.17, 15) is 0 Å². The van der Waals surface area contributed by atoms with Crippen LogP contribution in [0.1, 0.15) is 45.4 Å². The van der Waals surface area contributed by atoms with E-state index in [4.69, 9.17) is 5.73 Å². The predicted molar refractivity (Wildman–Crippen MR) is 54.3 cm³/mol. The quantitative estimate of drug-likeness (QED) is 0.657. The Morgan fingerprint density at radius 3 is 2.31 bits per heavy atom. The van der Waals surface area contributed by atoms with Crippen molar-refractivity contribution in [1.29, 1.82) is 0 Å². The topological polar surface area (TPSA) is 26.0 Å². The molecule has 0 radical (unpaired) electrons. The molecule has 4 fully saturated rings. The fourth-order valence-corrected chi connectivity index (χ4v) is 4.66. The van der Waals surface area contributed by atoms with Crippen molar-refractivity contribution in [2.75, 3.05) is 0 Å². The van der Waals surface area contributed by atoms with E-state index in [2.05, 4.69) is 6.92 Å². The lowest BCUT2D eigenvalue weighted by Crippen LogP contribution is -2.56. The Kier molecular flexibility index (Phi) is 1.59. The van der Waals surface area contributed by atoms with Gasteiger partial charge in [0.05, 0.1) is 0 Å². The van der Waals surface area contributed by atoms with Crippen LogP contribution in [-0.4, -0.2) is 6.04 Å². The lowest BCUT2D eigenvalue weighted by molar-refractivity contribution is -0.0684. The van der Waals surface area contributed by atoms with Crippen molar-refractivity contribution < 1.29 is 0 Å². The van der Waals surface area contributed by atoms with E-state index in [1.807, 2.05) is 0 Å². The molecule has 1 nitrogen and oxygen atoms in total. The molecule has 1 heteroatoms. The Hall–Kier alpha value is -0.0400. The van der Waals surface area contributed by atoms with Crippen LogP contribution >= 0.6 is 0 Å². The van der Waals surface area contributed by atoms with Gasteiger partial charge in [0.15, 0.2) is 0 Å². The molecule has 0 aliphatic heterocycles. The average Bonchev–Trinajstić information content (AvgIpc) is 2.13. The van der Waals surface area contributed by atoms with Crippen LogP contribution in [0.3, 0.4) is 0 Å². The first-order chi connectivity index (χ1) is 6.22. The molecule has 0 saturated heterocycles. The van der Waals surface area contributed by atoms with Crippen LogP contribution in [0, 0.1) is 23.2 Å². The monoisotopic (exact) mass is 179 g/mol. The van der Waals surface area contributed by atoms with Crippen molar-refractivity contribution in [2.45, 2.75) is 51.5 Å². The average molecular weight is 179 g/mol. The normalized spacial score (nSPS) is 58.6. The van der Waals surface area contributed by atoms with Gasteiger partial charge in [0.2, 0.25) is 0 Å². The first-order valence-electron chi connectivity index (χ1n) is 5.98. The number of hydrogen-bond acceptors (Lipinski definition) is 1. The lowest BCUT2D eigenvalue weighted by atomic mass is 9.47. The molecule has 4 rings (SSSR count). The summed E-state index contributed by atoms with van der Waals surface area (Å²) in [5, 5.41) is 0. The summed E-state index contributed by atoms with van der Waals surface area (Å²) in [7, 11) is 0. The fourth-order valence-electron chi connectivity index (χ4n) is 4.66. The van der Waals surface area contributed by atoms with Gasteiger partial charge >= 0.3 is 0 Å². The summed E-state index contributed by atoms with van der Waals surface area (Å²) < 4.78 is 0. The zero-order valence-electron chi connectivity index (χ0n) is 8.63. The van der Waals surface area contributed by atoms with E-state index in [1.54, 1.807) is 0 Å². The fraction of sp³-hybridized carbons (Fsp3) is 1.00. The smallest absolute Gasteiger partial charge is 0.00962 e. The summed E-state index contributed by atoms with van der Waals surface area (Å²) in [6, 6.07) is 0.566. The van der Waals surface area contributed by atoms with Gasteiger partial charge in [0, 0.05) is 6.04 Å². The van der Waals surface area contributed by atoms with E-state index < -0.39 is 0 Å². The minimum atomic E-state index is 0.566. The van der Waals surface area contributed by atoms with Gasteiger partial charge in [-0.25, -0.2) is 0 Å². The third-order valence-electron chi connectivity index (χ3n) is 5.22. The number of rotatable bonds is 1. The maximum absolute atomic E-state index is 6.28. The van der Waals surface area contributed by atoms with Crippen LogP contribution in [0.25, 0.3) is 0 Å². The van der Waals surface area contributed by atoms with Crippen LogP contribution in [0.5, 0.6) is 0 Å². The van der Waals surface area contributed by atoms with Crippen molar-refractivity contribution in [3.63, 3.8) is 0 Å². The van der Waals surface area contributed by atoms with Gasteiger partial charge in [-0.15, -0.1) is 0 Å². The first kappa shape index (κ1) is 8.28. The van der Waals surface area contributed by atoms with Gasteiger partial charge in [0.1, 0.15) is 0 Å². The molecule has 4 bridgehead atoms. The van der Waals surface area contributed by atoms with Crippen molar-refractivity contribution in [1.82, 2.24) is 0 Å². The maximum atomic E-state index is 6.28. The summed E-state index contributed by atoms with van der Waals surface area (Å²) in [6.45, 7) is 2.39. The summed E-state index contributed by atoms with van der Waals surface area (Å²) in [5.74, 6) is 2.84. The second kappa shape index (κ2) is 2.50. The Labute approximate surface area is 81.1 Å². The summed E-state index contributed by atoms with van der Waals surface area (Å²) in [5.41, 5.74) is 7.02. The highest BCUT2D eigenvalue weighted by Gasteiger charge is 2.53. The van der Waals surface area contributed by atoms with Crippen LogP contribution in [0.4, 0.5) is 0 Å². The van der Waals surface area contributed by atoms with Gasteiger partial charge in [-0.1, -0.05) is 13.3 Å². The first-order valence-corrected chi connectivity index (χ1v) is 5.98. The highest BCUT2D eigenvalue weighted by atomic mass is 14.7. The Balaban J connectivity index is 1.92. The second-order valence-electron chi connectivity index (χ2n) is 5.90. The molecule has 0 aromatic heterocycles. The van der Waals surface area contributed by atoms with Crippen molar-refractivity contribution >= 4 is 0 Å². The van der Waals surface area contributed by atoms with Crippen LogP contribution < -0.4 is 5.73 Å². The van der Waals surface area contributed by atoms with Gasteiger partial charge in [-0.2, -0.15) is 0 Å². The summed E-state index contributed by atoms with van der Waals surface area (Å²) >= 11 is 0. The molecule has 0 spiro atoms. The molecular weight excluding hydrogens is 158 g/mol. The second-order valence-corrected chi connectivity index (χ2v) is 5.90. The third kappa shape index (κ3) is 1.03. The third-order valence-corrected chi connectivity index (χ3v) is 5.22. The van der Waals surface area contributed by atoms with Crippen molar-refractivity contribution in [2.24, 2.45) is 28.9 Å². The Bertz CT molecular complexity index is 207. The van der Waals surface area contributed by atoms with E-state index in [-0.39, 0.29) is 0 Å². The highest BCUT2D eigenvalue weighted by Crippen LogP contribution is 2.60. The van der Waals surface area contributed by atoms with Gasteiger partial charge in [-0.05, 0) is 55.3 Å². The molecule has 4 saturated carbocycles. The molecule has 2 N–H and O–H groups in total. The molecular formula is C12H21N. The summed E-state index contributed by atoms with van der Waals surface area (Å²) in [6.07, 6.45) is 8.76. The zero-order chi connectivity index (χ0) is 9.05.